The van der Waals surface area contributed by atoms with Crippen LogP contribution in [0.1, 0.15) is 11.4 Å². The molecule has 0 aliphatic heterocycles. The van der Waals surface area contributed by atoms with Crippen molar-refractivity contribution in [1.82, 2.24) is 9.55 Å². The van der Waals surface area contributed by atoms with E-state index in [4.69, 9.17) is 5.11 Å². The van der Waals surface area contributed by atoms with Gasteiger partial charge in [-0.2, -0.15) is 0 Å². The lowest BCUT2D eigenvalue weighted by atomic mass is 10.1. The van der Waals surface area contributed by atoms with Gasteiger partial charge in [0.15, 0.2) is 0 Å². The van der Waals surface area contributed by atoms with Gasteiger partial charge in [0.2, 0.25) is 0 Å². The van der Waals surface area contributed by atoms with Gasteiger partial charge < -0.3 is 9.67 Å². The van der Waals surface area contributed by atoms with Crippen molar-refractivity contribution in [3.05, 3.63) is 40.0 Å². The van der Waals surface area contributed by atoms with E-state index in [1.165, 1.54) is 6.07 Å². The standard InChI is InChI=1S/C13H14BrFN2O/c1-8-7-9(3-4-10(8)15)12-13(14)17(2)11(16-12)5-6-18/h3-4,7,18H,5-6H2,1-2H3. The Morgan fingerprint density at radius 1 is 1.44 bits per heavy atom. The van der Waals surface area contributed by atoms with E-state index in [1.807, 2.05) is 11.6 Å². The molecule has 3 nitrogen and oxygen atoms in total. The van der Waals surface area contributed by atoms with Crippen LogP contribution in [0.15, 0.2) is 22.8 Å². The van der Waals surface area contributed by atoms with Gasteiger partial charge in [-0.15, -0.1) is 0 Å². The molecule has 2 aromatic rings. The second kappa shape index (κ2) is 5.20. The summed E-state index contributed by atoms with van der Waals surface area (Å²) in [6, 6.07) is 4.92. The van der Waals surface area contributed by atoms with Crippen molar-refractivity contribution in [2.75, 3.05) is 6.61 Å². The highest BCUT2D eigenvalue weighted by molar-refractivity contribution is 9.10. The maximum Gasteiger partial charge on any atom is 0.126 e. The van der Waals surface area contributed by atoms with Gasteiger partial charge in [-0.3, -0.25) is 0 Å². The second-order valence-corrected chi connectivity index (χ2v) is 4.92. The summed E-state index contributed by atoms with van der Waals surface area (Å²) in [6.07, 6.45) is 0.495. The van der Waals surface area contributed by atoms with E-state index in [2.05, 4.69) is 20.9 Å². The minimum Gasteiger partial charge on any atom is -0.396 e. The van der Waals surface area contributed by atoms with E-state index in [0.29, 0.717) is 12.0 Å². The fourth-order valence-corrected chi connectivity index (χ4v) is 2.34. The summed E-state index contributed by atoms with van der Waals surface area (Å²) >= 11 is 3.48. The molecule has 18 heavy (non-hydrogen) atoms. The number of aliphatic hydroxyl groups excluding tert-OH is 1. The van der Waals surface area contributed by atoms with Crippen LogP contribution in [-0.2, 0) is 13.5 Å². The summed E-state index contributed by atoms with van der Waals surface area (Å²) in [7, 11) is 1.88. The number of halogens is 2. The van der Waals surface area contributed by atoms with Crippen molar-refractivity contribution in [3.63, 3.8) is 0 Å². The van der Waals surface area contributed by atoms with Crippen LogP contribution in [0, 0.1) is 12.7 Å². The molecule has 1 aromatic carbocycles. The molecule has 1 N–H and O–H groups in total. The second-order valence-electron chi connectivity index (χ2n) is 4.16. The number of nitrogens with zero attached hydrogens (tertiary/aromatic N) is 2. The minimum atomic E-state index is -0.221. The van der Waals surface area contributed by atoms with E-state index in [1.54, 1.807) is 19.1 Å². The molecule has 0 saturated heterocycles. The summed E-state index contributed by atoms with van der Waals surface area (Å²) < 4.78 is 16.0. The van der Waals surface area contributed by atoms with Crippen LogP contribution in [0.2, 0.25) is 0 Å². The first kappa shape index (κ1) is 13.2. The zero-order valence-electron chi connectivity index (χ0n) is 10.2. The number of imidazole rings is 1. The summed E-state index contributed by atoms with van der Waals surface area (Å²) in [5.41, 5.74) is 2.22. The fourth-order valence-electron chi connectivity index (χ4n) is 1.82. The molecule has 2 rings (SSSR count). The average molecular weight is 313 g/mol. The van der Waals surface area contributed by atoms with Gasteiger partial charge in [0.05, 0.1) is 6.61 Å². The van der Waals surface area contributed by atoms with Crippen molar-refractivity contribution < 1.29 is 9.50 Å². The predicted octanol–water partition coefficient (Wildman–Crippen LogP) is 2.83. The summed E-state index contributed by atoms with van der Waals surface area (Å²) in [4.78, 5) is 4.47. The van der Waals surface area contributed by atoms with Crippen LogP contribution in [-0.4, -0.2) is 21.3 Å². The number of rotatable bonds is 3. The predicted molar refractivity (Wildman–Crippen MR) is 71.8 cm³/mol. The molecule has 1 aromatic heterocycles. The molecule has 96 valence electrons. The van der Waals surface area contributed by atoms with Crippen molar-refractivity contribution in [1.29, 1.82) is 0 Å². The van der Waals surface area contributed by atoms with E-state index in [-0.39, 0.29) is 12.4 Å². The Kier molecular flexibility index (Phi) is 3.82. The number of aryl methyl sites for hydroxylation is 1. The van der Waals surface area contributed by atoms with Gasteiger partial charge in [-0.05, 0) is 46.6 Å². The van der Waals surface area contributed by atoms with Gasteiger partial charge in [0.1, 0.15) is 21.9 Å². The van der Waals surface area contributed by atoms with Crippen molar-refractivity contribution in [2.24, 2.45) is 7.05 Å². The molecular formula is C13H14BrFN2O. The number of hydrogen-bond acceptors (Lipinski definition) is 2. The third-order valence-electron chi connectivity index (χ3n) is 2.88. The maximum atomic E-state index is 13.2. The minimum absolute atomic E-state index is 0.0547. The molecule has 1 heterocycles. The number of aliphatic hydroxyl groups is 1. The summed E-state index contributed by atoms with van der Waals surface area (Å²) in [5.74, 6) is 0.572. The number of aromatic nitrogens is 2. The monoisotopic (exact) mass is 312 g/mol. The van der Waals surface area contributed by atoms with E-state index >= 15 is 0 Å². The first-order valence-corrected chi connectivity index (χ1v) is 6.42. The molecule has 0 aliphatic carbocycles. The molecular weight excluding hydrogens is 299 g/mol. The van der Waals surface area contributed by atoms with Crippen LogP contribution >= 0.6 is 15.9 Å². The lowest BCUT2D eigenvalue weighted by Crippen LogP contribution is -2.00. The molecule has 0 unspecified atom stereocenters. The Bertz CT molecular complexity index is 581. The first-order chi connectivity index (χ1) is 8.54. The van der Waals surface area contributed by atoms with Crippen LogP contribution in [0.4, 0.5) is 4.39 Å². The van der Waals surface area contributed by atoms with Crippen molar-refractivity contribution in [2.45, 2.75) is 13.3 Å². The van der Waals surface area contributed by atoms with Crippen LogP contribution in [0.3, 0.4) is 0 Å². The van der Waals surface area contributed by atoms with E-state index < -0.39 is 0 Å². The molecule has 0 radical (unpaired) electrons. The zero-order chi connectivity index (χ0) is 13.3. The Morgan fingerprint density at radius 2 is 2.17 bits per heavy atom. The maximum absolute atomic E-state index is 13.2. The highest BCUT2D eigenvalue weighted by Crippen LogP contribution is 2.29. The fraction of sp³-hybridized carbons (Fsp3) is 0.308. The first-order valence-electron chi connectivity index (χ1n) is 5.63. The molecule has 0 aliphatic rings. The smallest absolute Gasteiger partial charge is 0.126 e. The molecule has 0 amide bonds. The summed E-state index contributed by atoms with van der Waals surface area (Å²) in [5, 5.41) is 8.98. The molecule has 0 saturated carbocycles. The van der Waals surface area contributed by atoms with Gasteiger partial charge >= 0.3 is 0 Å². The molecule has 0 atom stereocenters. The Labute approximate surface area is 113 Å². The molecule has 0 fully saturated rings. The van der Waals surface area contributed by atoms with Crippen LogP contribution in [0.5, 0.6) is 0 Å². The lowest BCUT2D eigenvalue weighted by molar-refractivity contribution is 0.295. The highest BCUT2D eigenvalue weighted by Gasteiger charge is 2.14. The normalized spacial score (nSPS) is 10.9. The Balaban J connectivity index is 2.50. The Hall–Kier alpha value is -1.20. The number of hydrogen-bond donors (Lipinski definition) is 1. The SMILES string of the molecule is Cc1cc(-c2nc(CCO)n(C)c2Br)ccc1F. The lowest BCUT2D eigenvalue weighted by Gasteiger charge is -2.02. The number of benzene rings is 1. The van der Waals surface area contributed by atoms with Crippen LogP contribution in [0.25, 0.3) is 11.3 Å². The molecule has 0 bridgehead atoms. The zero-order valence-corrected chi connectivity index (χ0v) is 11.8. The molecule has 5 heteroatoms. The Morgan fingerprint density at radius 3 is 2.78 bits per heavy atom. The van der Waals surface area contributed by atoms with E-state index in [0.717, 1.165) is 21.7 Å². The van der Waals surface area contributed by atoms with Gasteiger partial charge in [-0.25, -0.2) is 9.37 Å². The largest absolute Gasteiger partial charge is 0.396 e. The van der Waals surface area contributed by atoms with Crippen molar-refractivity contribution in [3.8, 4) is 11.3 Å². The topological polar surface area (TPSA) is 38.1 Å². The van der Waals surface area contributed by atoms with E-state index in [9.17, 15) is 4.39 Å². The quantitative estimate of drug-likeness (QED) is 0.946. The summed E-state index contributed by atoms with van der Waals surface area (Å²) in [6.45, 7) is 1.78. The average Bonchev–Trinajstić information content (AvgIpc) is 2.62. The third kappa shape index (κ3) is 2.33. The van der Waals surface area contributed by atoms with Gasteiger partial charge in [0, 0.05) is 19.0 Å². The van der Waals surface area contributed by atoms with Gasteiger partial charge in [0.25, 0.3) is 0 Å². The molecule has 0 spiro atoms. The van der Waals surface area contributed by atoms with Crippen LogP contribution < -0.4 is 0 Å². The van der Waals surface area contributed by atoms with Crippen molar-refractivity contribution >= 4 is 15.9 Å². The third-order valence-corrected chi connectivity index (χ3v) is 3.79. The highest BCUT2D eigenvalue weighted by atomic mass is 79.9. The van der Waals surface area contributed by atoms with Gasteiger partial charge in [-0.1, -0.05) is 0 Å².